The van der Waals surface area contributed by atoms with Crippen molar-refractivity contribution in [2.75, 3.05) is 53.4 Å². The van der Waals surface area contributed by atoms with Crippen molar-refractivity contribution >= 4 is 10.2 Å². The van der Waals surface area contributed by atoms with Gasteiger partial charge in [0.2, 0.25) is 0 Å². The summed E-state index contributed by atoms with van der Waals surface area (Å²) in [6.07, 6.45) is 1.92. The fraction of sp³-hybridized carbons (Fsp3) is 1.00. The third-order valence-corrected chi connectivity index (χ3v) is 6.61. The molecule has 2 aliphatic rings. The van der Waals surface area contributed by atoms with Crippen LogP contribution in [0.1, 0.15) is 19.8 Å². The van der Waals surface area contributed by atoms with Crippen molar-refractivity contribution in [3.05, 3.63) is 0 Å². The summed E-state index contributed by atoms with van der Waals surface area (Å²) in [4.78, 5) is 2.19. The number of nitrogens with one attached hydrogen (secondary N) is 1. The smallest absolute Gasteiger partial charge is 0.282 e. The highest BCUT2D eigenvalue weighted by Crippen LogP contribution is 2.23. The molecular weight excluding hydrogens is 276 g/mol. The number of nitrogens with zero attached hydrogens (tertiary/aromatic N) is 3. The number of piperidine rings is 1. The second kappa shape index (κ2) is 6.70. The van der Waals surface area contributed by atoms with E-state index >= 15 is 0 Å². The highest BCUT2D eigenvalue weighted by Gasteiger charge is 2.37. The van der Waals surface area contributed by atoms with Crippen LogP contribution in [0.4, 0.5) is 0 Å². The molecule has 1 atom stereocenters. The van der Waals surface area contributed by atoms with Crippen molar-refractivity contribution in [2.24, 2.45) is 5.92 Å². The molecule has 2 rings (SSSR count). The molecule has 0 radical (unpaired) electrons. The van der Waals surface area contributed by atoms with Gasteiger partial charge in [-0.15, -0.1) is 0 Å². The summed E-state index contributed by atoms with van der Waals surface area (Å²) in [6, 6.07) is 0.0637. The molecule has 0 amide bonds. The molecule has 0 bridgehead atoms. The first-order valence-electron chi connectivity index (χ1n) is 7.55. The largest absolute Gasteiger partial charge is 0.319 e. The summed E-state index contributed by atoms with van der Waals surface area (Å²) in [5.74, 6) is 0.608. The molecule has 20 heavy (non-hydrogen) atoms. The normalized spacial score (nSPS) is 28.9. The minimum Gasteiger partial charge on any atom is -0.319 e. The Bertz CT molecular complexity index is 407. The summed E-state index contributed by atoms with van der Waals surface area (Å²) >= 11 is 0. The molecule has 118 valence electrons. The maximum Gasteiger partial charge on any atom is 0.282 e. The lowest BCUT2D eigenvalue weighted by molar-refractivity contribution is 0.156. The molecule has 2 aliphatic heterocycles. The molecule has 0 saturated carbocycles. The molecule has 2 saturated heterocycles. The Morgan fingerprint density at radius 3 is 2.35 bits per heavy atom. The van der Waals surface area contributed by atoms with Crippen molar-refractivity contribution in [1.82, 2.24) is 18.8 Å². The van der Waals surface area contributed by atoms with Gasteiger partial charge in [0.15, 0.2) is 0 Å². The minimum absolute atomic E-state index is 0.0637. The molecule has 6 nitrogen and oxygen atoms in total. The lowest BCUT2D eigenvalue weighted by Gasteiger charge is -2.41. The molecule has 2 heterocycles. The highest BCUT2D eigenvalue weighted by molar-refractivity contribution is 7.86. The predicted molar refractivity (Wildman–Crippen MR) is 80.8 cm³/mol. The summed E-state index contributed by atoms with van der Waals surface area (Å²) in [6.45, 7) is 6.55. The van der Waals surface area contributed by atoms with Crippen LogP contribution in [0.15, 0.2) is 0 Å². The summed E-state index contributed by atoms with van der Waals surface area (Å²) in [7, 11) is 0.722. The average Bonchev–Trinajstić information content (AvgIpc) is 2.39. The van der Waals surface area contributed by atoms with Gasteiger partial charge in [0, 0.05) is 38.8 Å². The molecule has 0 aliphatic carbocycles. The van der Waals surface area contributed by atoms with Crippen LogP contribution in [0.25, 0.3) is 0 Å². The van der Waals surface area contributed by atoms with Gasteiger partial charge in [-0.2, -0.15) is 17.0 Å². The predicted octanol–water partition coefficient (Wildman–Crippen LogP) is -0.201. The Labute approximate surface area is 123 Å². The van der Waals surface area contributed by atoms with Gasteiger partial charge in [0.05, 0.1) is 0 Å². The zero-order chi connectivity index (χ0) is 14.8. The van der Waals surface area contributed by atoms with Gasteiger partial charge in [-0.3, -0.25) is 0 Å². The summed E-state index contributed by atoms with van der Waals surface area (Å²) in [5, 5.41) is 3.18. The summed E-state index contributed by atoms with van der Waals surface area (Å²) in [5.41, 5.74) is 0. The van der Waals surface area contributed by atoms with Gasteiger partial charge < -0.3 is 10.2 Å². The van der Waals surface area contributed by atoms with Gasteiger partial charge in [0.1, 0.15) is 0 Å². The zero-order valence-electron chi connectivity index (χ0n) is 12.9. The lowest BCUT2D eigenvalue weighted by Crippen LogP contribution is -2.57. The van der Waals surface area contributed by atoms with E-state index in [1.165, 1.54) is 0 Å². The third-order valence-electron chi connectivity index (χ3n) is 4.46. The SMILES string of the molecule is CNCC1CCN(S(=O)(=O)N2CCN(C)CC2C)CC1. The van der Waals surface area contributed by atoms with Gasteiger partial charge in [-0.1, -0.05) is 0 Å². The second-order valence-corrected chi connectivity index (χ2v) is 8.01. The minimum atomic E-state index is -3.28. The average molecular weight is 304 g/mol. The zero-order valence-corrected chi connectivity index (χ0v) is 13.7. The van der Waals surface area contributed by atoms with Crippen LogP contribution in [0, 0.1) is 5.92 Å². The van der Waals surface area contributed by atoms with E-state index in [9.17, 15) is 8.42 Å². The van der Waals surface area contributed by atoms with Crippen LogP contribution < -0.4 is 5.32 Å². The monoisotopic (exact) mass is 304 g/mol. The molecule has 7 heteroatoms. The van der Waals surface area contributed by atoms with Crippen LogP contribution in [0.5, 0.6) is 0 Å². The van der Waals surface area contributed by atoms with Crippen molar-refractivity contribution < 1.29 is 8.42 Å². The molecular formula is C13H28N4O2S. The Morgan fingerprint density at radius 2 is 1.80 bits per heavy atom. The number of hydrogen-bond acceptors (Lipinski definition) is 4. The fourth-order valence-corrected chi connectivity index (χ4v) is 5.05. The number of likely N-dealkylation sites (N-methyl/N-ethyl adjacent to an activating group) is 1. The van der Waals surface area contributed by atoms with E-state index < -0.39 is 10.2 Å². The van der Waals surface area contributed by atoms with Gasteiger partial charge in [0.25, 0.3) is 10.2 Å². The van der Waals surface area contributed by atoms with Gasteiger partial charge >= 0.3 is 0 Å². The fourth-order valence-electron chi connectivity index (χ4n) is 3.25. The quantitative estimate of drug-likeness (QED) is 0.781. The number of piperazine rings is 1. The third kappa shape index (κ3) is 3.51. The Kier molecular flexibility index (Phi) is 5.42. The van der Waals surface area contributed by atoms with E-state index in [-0.39, 0.29) is 6.04 Å². The molecule has 2 fully saturated rings. The molecule has 0 spiro atoms. The van der Waals surface area contributed by atoms with Crippen molar-refractivity contribution in [3.63, 3.8) is 0 Å². The number of hydrogen-bond donors (Lipinski definition) is 1. The lowest BCUT2D eigenvalue weighted by atomic mass is 9.98. The maximum atomic E-state index is 12.7. The molecule has 0 aromatic heterocycles. The topological polar surface area (TPSA) is 55.9 Å². The van der Waals surface area contributed by atoms with Crippen LogP contribution in [0.3, 0.4) is 0 Å². The molecule has 0 aromatic carbocycles. The van der Waals surface area contributed by atoms with E-state index in [0.717, 1.165) is 32.5 Å². The molecule has 1 N–H and O–H groups in total. The standard InChI is InChI=1S/C13H28N4O2S/c1-12-11-15(3)8-9-17(12)20(18,19)16-6-4-13(5-7-16)10-14-2/h12-14H,4-11H2,1-3H3. The van der Waals surface area contributed by atoms with E-state index in [0.29, 0.717) is 25.6 Å². The van der Waals surface area contributed by atoms with Crippen molar-refractivity contribution in [2.45, 2.75) is 25.8 Å². The van der Waals surface area contributed by atoms with E-state index in [1.54, 1.807) is 8.61 Å². The van der Waals surface area contributed by atoms with Crippen molar-refractivity contribution in [3.8, 4) is 0 Å². The van der Waals surface area contributed by atoms with E-state index in [1.807, 2.05) is 21.0 Å². The second-order valence-electron chi connectivity index (χ2n) is 6.13. The maximum absolute atomic E-state index is 12.7. The molecule has 0 aromatic rings. The highest BCUT2D eigenvalue weighted by atomic mass is 32.2. The van der Waals surface area contributed by atoms with Crippen molar-refractivity contribution in [1.29, 1.82) is 0 Å². The van der Waals surface area contributed by atoms with Crippen LogP contribution in [0.2, 0.25) is 0 Å². The van der Waals surface area contributed by atoms with E-state index in [2.05, 4.69) is 10.2 Å². The van der Waals surface area contributed by atoms with Crippen LogP contribution in [-0.4, -0.2) is 81.3 Å². The van der Waals surface area contributed by atoms with Gasteiger partial charge in [-0.05, 0) is 46.3 Å². The number of rotatable bonds is 4. The summed E-state index contributed by atoms with van der Waals surface area (Å²) < 4.78 is 28.8. The first kappa shape index (κ1) is 16.2. The van der Waals surface area contributed by atoms with E-state index in [4.69, 9.17) is 0 Å². The Balaban J connectivity index is 1.97. The first-order chi connectivity index (χ1) is 9.45. The van der Waals surface area contributed by atoms with Crippen LogP contribution in [-0.2, 0) is 10.2 Å². The van der Waals surface area contributed by atoms with Gasteiger partial charge in [-0.25, -0.2) is 0 Å². The molecule has 1 unspecified atom stereocenters. The van der Waals surface area contributed by atoms with Crippen LogP contribution >= 0.6 is 0 Å². The Hall–Kier alpha value is -0.210. The Morgan fingerprint density at radius 1 is 1.15 bits per heavy atom. The first-order valence-corrected chi connectivity index (χ1v) is 8.95.